The molecule has 98 valence electrons. The number of urea groups is 1. The molecule has 0 saturated carbocycles. The molecular weight excluding hydrogens is 228 g/mol. The van der Waals surface area contributed by atoms with Gasteiger partial charge in [0.2, 0.25) is 0 Å². The summed E-state index contributed by atoms with van der Waals surface area (Å²) in [5.74, 6) is -1.15. The number of carbonyl (C=O) groups excluding carboxylic acids is 1. The standard InChI is InChI=1S/C10H18N2O5/c13-4-1-8(9(14)15)12-10(16)11-7-2-5-17-6-3-7/h7-8,13H,1-6H2,(H,14,15)(H2,11,12,16)/t8-/m1/s1. The molecule has 1 saturated heterocycles. The molecule has 7 heteroatoms. The number of carboxylic acids is 1. The highest BCUT2D eigenvalue weighted by atomic mass is 16.5. The van der Waals surface area contributed by atoms with Gasteiger partial charge in [0.25, 0.3) is 0 Å². The van der Waals surface area contributed by atoms with Crippen LogP contribution in [0.2, 0.25) is 0 Å². The number of ether oxygens (including phenoxy) is 1. The molecule has 2 amide bonds. The third-order valence-electron chi connectivity index (χ3n) is 2.58. The van der Waals surface area contributed by atoms with Gasteiger partial charge < -0.3 is 25.6 Å². The summed E-state index contributed by atoms with van der Waals surface area (Å²) in [6.45, 7) is 0.919. The second-order valence-electron chi connectivity index (χ2n) is 3.91. The SMILES string of the molecule is O=C(NC1CCOCC1)N[C@H](CCO)C(=O)O. The molecule has 1 aliphatic heterocycles. The summed E-state index contributed by atoms with van der Waals surface area (Å²) in [5.41, 5.74) is 0. The first-order valence-corrected chi connectivity index (χ1v) is 5.62. The minimum atomic E-state index is -1.15. The van der Waals surface area contributed by atoms with Crippen molar-refractivity contribution in [1.82, 2.24) is 10.6 Å². The first kappa shape index (κ1) is 13.7. The number of nitrogens with one attached hydrogen (secondary N) is 2. The Bertz CT molecular complexity index is 265. The summed E-state index contributed by atoms with van der Waals surface area (Å²) in [5, 5.41) is 22.5. The number of aliphatic hydroxyl groups excluding tert-OH is 1. The van der Waals surface area contributed by atoms with Crippen LogP contribution in [0.1, 0.15) is 19.3 Å². The Morgan fingerprint density at radius 3 is 2.53 bits per heavy atom. The molecule has 0 unspecified atom stereocenters. The van der Waals surface area contributed by atoms with Gasteiger partial charge in [0.15, 0.2) is 0 Å². The van der Waals surface area contributed by atoms with Crippen molar-refractivity contribution >= 4 is 12.0 Å². The summed E-state index contributed by atoms with van der Waals surface area (Å²) in [7, 11) is 0. The summed E-state index contributed by atoms with van der Waals surface area (Å²) >= 11 is 0. The lowest BCUT2D eigenvalue weighted by molar-refractivity contribution is -0.139. The van der Waals surface area contributed by atoms with Crippen molar-refractivity contribution in [3.05, 3.63) is 0 Å². The van der Waals surface area contributed by atoms with Gasteiger partial charge in [0, 0.05) is 32.3 Å². The lowest BCUT2D eigenvalue weighted by Gasteiger charge is -2.24. The highest BCUT2D eigenvalue weighted by molar-refractivity contribution is 5.82. The molecule has 0 aromatic heterocycles. The topological polar surface area (TPSA) is 108 Å². The van der Waals surface area contributed by atoms with Crippen LogP contribution in [-0.4, -0.2) is 54.1 Å². The number of rotatable bonds is 5. The molecule has 0 spiro atoms. The van der Waals surface area contributed by atoms with Crippen LogP contribution in [0.5, 0.6) is 0 Å². The zero-order valence-electron chi connectivity index (χ0n) is 9.52. The Morgan fingerprint density at radius 2 is 2.00 bits per heavy atom. The molecule has 1 heterocycles. The van der Waals surface area contributed by atoms with Gasteiger partial charge in [-0.3, -0.25) is 0 Å². The first-order valence-electron chi connectivity index (χ1n) is 5.62. The fourth-order valence-electron chi connectivity index (χ4n) is 1.61. The van der Waals surface area contributed by atoms with Crippen molar-refractivity contribution in [3.8, 4) is 0 Å². The Labute approximate surface area is 99.1 Å². The molecule has 7 nitrogen and oxygen atoms in total. The maximum absolute atomic E-state index is 11.5. The monoisotopic (exact) mass is 246 g/mol. The molecule has 17 heavy (non-hydrogen) atoms. The van der Waals surface area contributed by atoms with Gasteiger partial charge in [-0.25, -0.2) is 9.59 Å². The van der Waals surface area contributed by atoms with E-state index >= 15 is 0 Å². The van der Waals surface area contributed by atoms with E-state index in [-0.39, 0.29) is 19.1 Å². The molecule has 0 aliphatic carbocycles. The largest absolute Gasteiger partial charge is 0.480 e. The van der Waals surface area contributed by atoms with Crippen molar-refractivity contribution < 1.29 is 24.5 Å². The third-order valence-corrected chi connectivity index (χ3v) is 2.58. The molecule has 1 atom stereocenters. The lowest BCUT2D eigenvalue weighted by atomic mass is 10.1. The van der Waals surface area contributed by atoms with Crippen molar-refractivity contribution in [3.63, 3.8) is 0 Å². The van der Waals surface area contributed by atoms with Gasteiger partial charge in [0.1, 0.15) is 6.04 Å². The number of carbonyl (C=O) groups is 2. The normalized spacial score (nSPS) is 18.4. The van der Waals surface area contributed by atoms with Crippen molar-refractivity contribution in [1.29, 1.82) is 0 Å². The molecule has 0 bridgehead atoms. The van der Waals surface area contributed by atoms with Gasteiger partial charge >= 0.3 is 12.0 Å². The minimum absolute atomic E-state index is 0.00344. The predicted molar refractivity (Wildman–Crippen MR) is 58.6 cm³/mol. The van der Waals surface area contributed by atoms with E-state index in [4.69, 9.17) is 14.9 Å². The summed E-state index contributed by atoms with van der Waals surface area (Å²) in [6, 6.07) is -1.55. The summed E-state index contributed by atoms with van der Waals surface area (Å²) in [4.78, 5) is 22.2. The minimum Gasteiger partial charge on any atom is -0.480 e. The molecule has 1 aliphatic rings. The average molecular weight is 246 g/mol. The van der Waals surface area contributed by atoms with Crippen LogP contribution < -0.4 is 10.6 Å². The van der Waals surface area contributed by atoms with Gasteiger partial charge in [0.05, 0.1) is 0 Å². The number of carboxylic acid groups (broad SMARTS) is 1. The Balaban J connectivity index is 2.33. The fourth-order valence-corrected chi connectivity index (χ4v) is 1.61. The molecule has 1 fully saturated rings. The second kappa shape index (κ2) is 7.08. The molecule has 0 aromatic rings. The highest BCUT2D eigenvalue weighted by Crippen LogP contribution is 2.05. The van der Waals surface area contributed by atoms with E-state index in [2.05, 4.69) is 10.6 Å². The zero-order chi connectivity index (χ0) is 12.7. The maximum Gasteiger partial charge on any atom is 0.326 e. The average Bonchev–Trinajstić information content (AvgIpc) is 2.29. The zero-order valence-corrected chi connectivity index (χ0v) is 9.52. The summed E-state index contributed by atoms with van der Waals surface area (Å²) in [6.07, 6.45) is 1.45. The number of amides is 2. The molecular formula is C10H18N2O5. The van der Waals surface area contributed by atoms with Crippen molar-refractivity contribution in [2.24, 2.45) is 0 Å². The molecule has 1 rings (SSSR count). The van der Waals surface area contributed by atoms with E-state index in [1.165, 1.54) is 0 Å². The molecule has 0 radical (unpaired) electrons. The summed E-state index contributed by atoms with van der Waals surface area (Å²) < 4.78 is 5.14. The Hall–Kier alpha value is -1.34. The third kappa shape index (κ3) is 5.01. The van der Waals surface area contributed by atoms with Crippen molar-refractivity contribution in [2.45, 2.75) is 31.3 Å². The first-order chi connectivity index (χ1) is 8.13. The van der Waals surface area contributed by atoms with E-state index in [0.29, 0.717) is 13.2 Å². The maximum atomic E-state index is 11.5. The van der Waals surface area contributed by atoms with Gasteiger partial charge in [-0.15, -0.1) is 0 Å². The predicted octanol–water partition coefficient (Wildman–Crippen LogP) is -0.700. The number of hydrogen-bond acceptors (Lipinski definition) is 4. The number of aliphatic hydroxyl groups is 1. The van der Waals surface area contributed by atoms with Crippen LogP contribution in [0, 0.1) is 0 Å². The Kier molecular flexibility index (Phi) is 5.71. The number of aliphatic carboxylic acids is 1. The van der Waals surface area contributed by atoms with Crippen LogP contribution in [0.25, 0.3) is 0 Å². The Morgan fingerprint density at radius 1 is 1.35 bits per heavy atom. The fraction of sp³-hybridized carbons (Fsp3) is 0.800. The van der Waals surface area contributed by atoms with Gasteiger partial charge in [-0.1, -0.05) is 0 Å². The van der Waals surface area contributed by atoms with Gasteiger partial charge in [-0.2, -0.15) is 0 Å². The van der Waals surface area contributed by atoms with Crippen molar-refractivity contribution in [2.75, 3.05) is 19.8 Å². The van der Waals surface area contributed by atoms with Crippen LogP contribution in [0.4, 0.5) is 4.79 Å². The lowest BCUT2D eigenvalue weighted by Crippen LogP contribution is -2.50. The van der Waals surface area contributed by atoms with Crippen LogP contribution in [0.3, 0.4) is 0 Å². The van der Waals surface area contributed by atoms with Crippen LogP contribution >= 0.6 is 0 Å². The molecule has 4 N–H and O–H groups in total. The molecule has 0 aromatic carbocycles. The van der Waals surface area contributed by atoms with E-state index in [1.807, 2.05) is 0 Å². The number of hydrogen-bond donors (Lipinski definition) is 4. The highest BCUT2D eigenvalue weighted by Gasteiger charge is 2.21. The van der Waals surface area contributed by atoms with Gasteiger partial charge in [-0.05, 0) is 12.8 Å². The van der Waals surface area contributed by atoms with E-state index in [0.717, 1.165) is 12.8 Å². The van der Waals surface area contributed by atoms with E-state index < -0.39 is 18.0 Å². The smallest absolute Gasteiger partial charge is 0.326 e. The van der Waals surface area contributed by atoms with Crippen LogP contribution in [-0.2, 0) is 9.53 Å². The van der Waals surface area contributed by atoms with E-state index in [9.17, 15) is 9.59 Å². The quantitative estimate of drug-likeness (QED) is 0.513. The van der Waals surface area contributed by atoms with Crippen LogP contribution in [0.15, 0.2) is 0 Å². The van der Waals surface area contributed by atoms with E-state index in [1.54, 1.807) is 0 Å². The second-order valence-corrected chi connectivity index (χ2v) is 3.91.